The van der Waals surface area contributed by atoms with Crippen molar-refractivity contribution in [1.29, 1.82) is 0 Å². The molecule has 0 aromatic carbocycles. The summed E-state index contributed by atoms with van der Waals surface area (Å²) < 4.78 is 0. The van der Waals surface area contributed by atoms with Crippen molar-refractivity contribution in [1.82, 2.24) is 4.90 Å². The van der Waals surface area contributed by atoms with Gasteiger partial charge in [0.05, 0.1) is 0 Å². The van der Waals surface area contributed by atoms with E-state index in [2.05, 4.69) is 24.6 Å². The normalized spacial score (nSPS) is 16.8. The van der Waals surface area contributed by atoms with E-state index >= 15 is 0 Å². The zero-order valence-corrected chi connectivity index (χ0v) is 9.73. The van der Waals surface area contributed by atoms with Gasteiger partial charge < -0.3 is 4.90 Å². The molecule has 0 aliphatic heterocycles. The average Bonchev–Trinajstić information content (AvgIpc) is 2.88. The highest BCUT2D eigenvalue weighted by molar-refractivity contribution is 7.80. The number of nitrogens with zero attached hydrogens (tertiary/aromatic N) is 1. The molecular formula is C11H23NS. The summed E-state index contributed by atoms with van der Waals surface area (Å²) in [5.41, 5.74) is 0. The molecule has 0 atom stereocenters. The SMILES string of the molecule is CN(CCCCCCS)CC1CC1. The highest BCUT2D eigenvalue weighted by atomic mass is 32.1. The van der Waals surface area contributed by atoms with E-state index in [4.69, 9.17) is 0 Å². The molecule has 0 bridgehead atoms. The van der Waals surface area contributed by atoms with Gasteiger partial charge >= 0.3 is 0 Å². The quantitative estimate of drug-likeness (QED) is 0.467. The van der Waals surface area contributed by atoms with Crippen LogP contribution in [0.25, 0.3) is 0 Å². The molecule has 0 heterocycles. The summed E-state index contributed by atoms with van der Waals surface area (Å²) in [7, 11) is 2.26. The van der Waals surface area contributed by atoms with Crippen LogP contribution in [0.2, 0.25) is 0 Å². The third-order valence-electron chi connectivity index (χ3n) is 2.71. The molecule has 0 spiro atoms. The predicted octanol–water partition coefficient (Wildman–Crippen LogP) is 2.82. The first-order valence-corrected chi connectivity index (χ1v) is 6.25. The molecule has 1 rings (SSSR count). The number of hydrogen-bond acceptors (Lipinski definition) is 2. The topological polar surface area (TPSA) is 3.24 Å². The maximum atomic E-state index is 4.21. The van der Waals surface area contributed by atoms with Gasteiger partial charge in [-0.15, -0.1) is 0 Å². The zero-order valence-electron chi connectivity index (χ0n) is 8.84. The van der Waals surface area contributed by atoms with E-state index in [1.165, 1.54) is 51.6 Å². The molecule has 1 fully saturated rings. The van der Waals surface area contributed by atoms with Crippen LogP contribution >= 0.6 is 12.6 Å². The molecule has 1 aliphatic rings. The van der Waals surface area contributed by atoms with Crippen LogP contribution in [0.4, 0.5) is 0 Å². The van der Waals surface area contributed by atoms with Gasteiger partial charge in [-0.05, 0) is 50.9 Å². The minimum Gasteiger partial charge on any atom is -0.306 e. The Balaban J connectivity index is 1.80. The second kappa shape index (κ2) is 6.72. The highest BCUT2D eigenvalue weighted by Gasteiger charge is 2.22. The average molecular weight is 201 g/mol. The smallest absolute Gasteiger partial charge is 0.000661 e. The molecule has 2 heteroatoms. The van der Waals surface area contributed by atoms with E-state index < -0.39 is 0 Å². The lowest BCUT2D eigenvalue weighted by atomic mass is 10.2. The monoisotopic (exact) mass is 201 g/mol. The van der Waals surface area contributed by atoms with E-state index in [9.17, 15) is 0 Å². The molecule has 0 amide bonds. The summed E-state index contributed by atoms with van der Waals surface area (Å²) in [5, 5.41) is 0. The van der Waals surface area contributed by atoms with Crippen molar-refractivity contribution in [2.75, 3.05) is 25.9 Å². The van der Waals surface area contributed by atoms with Crippen molar-refractivity contribution in [3.8, 4) is 0 Å². The van der Waals surface area contributed by atoms with Crippen LogP contribution in [0.3, 0.4) is 0 Å². The summed E-state index contributed by atoms with van der Waals surface area (Å²) in [6, 6.07) is 0. The van der Waals surface area contributed by atoms with Gasteiger partial charge in [-0.2, -0.15) is 12.6 Å². The standard InChI is InChI=1S/C11H23NS/c1-12(10-11-6-7-11)8-4-2-3-5-9-13/h11,13H,2-10H2,1H3. The van der Waals surface area contributed by atoms with Crippen LogP contribution < -0.4 is 0 Å². The van der Waals surface area contributed by atoms with Crippen molar-refractivity contribution in [2.24, 2.45) is 5.92 Å². The molecule has 0 aromatic rings. The van der Waals surface area contributed by atoms with Crippen LogP contribution in [0.5, 0.6) is 0 Å². The molecule has 1 aliphatic carbocycles. The van der Waals surface area contributed by atoms with E-state index in [0.717, 1.165) is 11.7 Å². The fraction of sp³-hybridized carbons (Fsp3) is 1.00. The fourth-order valence-electron chi connectivity index (χ4n) is 1.68. The van der Waals surface area contributed by atoms with E-state index in [-0.39, 0.29) is 0 Å². The predicted molar refractivity (Wildman–Crippen MR) is 62.5 cm³/mol. The summed E-state index contributed by atoms with van der Waals surface area (Å²) in [6.45, 7) is 2.63. The van der Waals surface area contributed by atoms with Crippen LogP contribution in [0.15, 0.2) is 0 Å². The van der Waals surface area contributed by atoms with Crippen molar-refractivity contribution >= 4 is 12.6 Å². The summed E-state index contributed by atoms with van der Waals surface area (Å²) >= 11 is 4.21. The number of hydrogen-bond donors (Lipinski definition) is 1. The lowest BCUT2D eigenvalue weighted by Crippen LogP contribution is -2.22. The summed E-state index contributed by atoms with van der Waals surface area (Å²) in [4.78, 5) is 2.50. The highest BCUT2D eigenvalue weighted by Crippen LogP contribution is 2.29. The van der Waals surface area contributed by atoms with Crippen molar-refractivity contribution in [3.63, 3.8) is 0 Å². The van der Waals surface area contributed by atoms with E-state index in [1.807, 2.05) is 0 Å². The first-order valence-electron chi connectivity index (χ1n) is 5.62. The summed E-state index contributed by atoms with van der Waals surface area (Å²) in [6.07, 6.45) is 8.36. The molecule has 0 N–H and O–H groups in total. The first-order chi connectivity index (χ1) is 6.33. The first kappa shape index (κ1) is 11.4. The molecule has 0 radical (unpaired) electrons. The second-order valence-electron chi connectivity index (χ2n) is 4.34. The Morgan fingerprint density at radius 1 is 1.15 bits per heavy atom. The Morgan fingerprint density at radius 3 is 2.46 bits per heavy atom. The molecular weight excluding hydrogens is 178 g/mol. The van der Waals surface area contributed by atoms with Crippen LogP contribution in [0, 0.1) is 5.92 Å². The van der Waals surface area contributed by atoms with Crippen molar-refractivity contribution in [2.45, 2.75) is 38.5 Å². The maximum absolute atomic E-state index is 4.21. The minimum absolute atomic E-state index is 1.04. The Labute approximate surface area is 88.3 Å². The molecule has 13 heavy (non-hydrogen) atoms. The molecule has 1 nitrogen and oxygen atoms in total. The van der Waals surface area contributed by atoms with Gasteiger partial charge in [-0.25, -0.2) is 0 Å². The van der Waals surface area contributed by atoms with Crippen LogP contribution in [0.1, 0.15) is 38.5 Å². The summed E-state index contributed by atoms with van der Waals surface area (Å²) in [5.74, 6) is 2.10. The molecule has 0 saturated heterocycles. The number of thiol groups is 1. The third-order valence-corrected chi connectivity index (χ3v) is 3.03. The van der Waals surface area contributed by atoms with Gasteiger partial charge in [0, 0.05) is 6.54 Å². The van der Waals surface area contributed by atoms with Gasteiger partial charge in [0.15, 0.2) is 0 Å². The lowest BCUT2D eigenvalue weighted by Gasteiger charge is -2.15. The maximum Gasteiger partial charge on any atom is 0.000661 e. The van der Waals surface area contributed by atoms with E-state index in [1.54, 1.807) is 0 Å². The number of rotatable bonds is 8. The zero-order chi connectivity index (χ0) is 9.52. The van der Waals surface area contributed by atoms with Gasteiger partial charge in [-0.1, -0.05) is 12.8 Å². The Hall–Kier alpha value is 0.310. The number of unbranched alkanes of at least 4 members (excludes halogenated alkanes) is 3. The Kier molecular flexibility index (Phi) is 5.88. The molecule has 0 aromatic heterocycles. The Bertz CT molecular complexity index is 123. The van der Waals surface area contributed by atoms with Gasteiger partial charge in [-0.3, -0.25) is 0 Å². The van der Waals surface area contributed by atoms with Gasteiger partial charge in [0.25, 0.3) is 0 Å². The van der Waals surface area contributed by atoms with Gasteiger partial charge in [0.2, 0.25) is 0 Å². The third kappa shape index (κ3) is 6.39. The van der Waals surface area contributed by atoms with Crippen molar-refractivity contribution < 1.29 is 0 Å². The van der Waals surface area contributed by atoms with Gasteiger partial charge in [0.1, 0.15) is 0 Å². The largest absolute Gasteiger partial charge is 0.306 e. The van der Waals surface area contributed by atoms with Crippen LogP contribution in [-0.4, -0.2) is 30.8 Å². The lowest BCUT2D eigenvalue weighted by molar-refractivity contribution is 0.312. The minimum atomic E-state index is 1.04. The second-order valence-corrected chi connectivity index (χ2v) is 4.79. The Morgan fingerprint density at radius 2 is 1.85 bits per heavy atom. The van der Waals surface area contributed by atoms with Crippen molar-refractivity contribution in [3.05, 3.63) is 0 Å². The molecule has 78 valence electrons. The fourth-order valence-corrected chi connectivity index (χ4v) is 1.90. The molecule has 0 unspecified atom stereocenters. The van der Waals surface area contributed by atoms with Crippen LogP contribution in [-0.2, 0) is 0 Å². The van der Waals surface area contributed by atoms with E-state index in [0.29, 0.717) is 0 Å². The molecule has 1 saturated carbocycles.